The monoisotopic (exact) mass is 244 g/mol. The molecule has 1 aromatic rings. The normalized spacial score (nSPS) is 9.88. The highest BCUT2D eigenvalue weighted by atomic mass is 35.5. The van der Waals surface area contributed by atoms with Crippen molar-refractivity contribution in [3.8, 4) is 0 Å². The third kappa shape index (κ3) is 3.94. The van der Waals surface area contributed by atoms with Crippen LogP contribution in [0.2, 0.25) is 0 Å². The number of amides is 2. The summed E-state index contributed by atoms with van der Waals surface area (Å²) in [6, 6.07) is 3.50. The molecule has 2 amide bonds. The summed E-state index contributed by atoms with van der Waals surface area (Å²) in [6.45, 7) is 0.307. The molecule has 0 saturated heterocycles. The van der Waals surface area contributed by atoms with E-state index in [0.29, 0.717) is 12.3 Å². The third-order valence-corrected chi connectivity index (χ3v) is 2.19. The fraction of sp³-hybridized carbons (Fsp3) is 0.400. The van der Waals surface area contributed by atoms with Crippen molar-refractivity contribution in [2.45, 2.75) is 6.54 Å². The smallest absolute Gasteiger partial charge is 0.239 e. The lowest BCUT2D eigenvalue weighted by Crippen LogP contribution is -2.38. The average Bonchev–Trinajstić information content (AvgIpc) is 2.78. The van der Waals surface area contributed by atoms with Gasteiger partial charge in [-0.25, -0.2) is 0 Å². The lowest BCUT2D eigenvalue weighted by atomic mass is 10.4. The van der Waals surface area contributed by atoms with E-state index in [1.807, 2.05) is 0 Å². The Bertz CT molecular complexity index is 351. The van der Waals surface area contributed by atoms with Crippen molar-refractivity contribution in [1.82, 2.24) is 10.2 Å². The van der Waals surface area contributed by atoms with Gasteiger partial charge < -0.3 is 14.6 Å². The number of hydrogen-bond donors (Lipinski definition) is 1. The summed E-state index contributed by atoms with van der Waals surface area (Å²) in [6.07, 6.45) is 1.53. The van der Waals surface area contributed by atoms with Crippen LogP contribution in [0, 0.1) is 0 Å². The van der Waals surface area contributed by atoms with Gasteiger partial charge in [-0.15, -0.1) is 11.6 Å². The van der Waals surface area contributed by atoms with E-state index < -0.39 is 0 Å². The number of carbonyl (C=O) groups excluding carboxylic acids is 2. The van der Waals surface area contributed by atoms with Crippen LogP contribution in [0.4, 0.5) is 0 Å². The van der Waals surface area contributed by atoms with E-state index >= 15 is 0 Å². The van der Waals surface area contributed by atoms with Crippen molar-refractivity contribution >= 4 is 23.4 Å². The Morgan fingerprint density at radius 2 is 2.31 bits per heavy atom. The Balaban J connectivity index is 2.28. The van der Waals surface area contributed by atoms with E-state index in [9.17, 15) is 9.59 Å². The molecule has 1 rings (SSSR count). The molecule has 1 heterocycles. The molecule has 0 fully saturated rings. The summed E-state index contributed by atoms with van der Waals surface area (Å²) in [5, 5.41) is 2.63. The molecule has 1 N–H and O–H groups in total. The molecular formula is C10H13ClN2O3. The largest absolute Gasteiger partial charge is 0.467 e. The summed E-state index contributed by atoms with van der Waals surface area (Å²) < 4.78 is 5.04. The maximum Gasteiger partial charge on any atom is 0.239 e. The highest BCUT2D eigenvalue weighted by Gasteiger charge is 2.11. The maximum atomic E-state index is 11.4. The van der Waals surface area contributed by atoms with E-state index in [4.69, 9.17) is 16.0 Å². The Hall–Kier alpha value is -1.49. The molecule has 0 bridgehead atoms. The van der Waals surface area contributed by atoms with Gasteiger partial charge in [-0.1, -0.05) is 0 Å². The summed E-state index contributed by atoms with van der Waals surface area (Å²) in [5.74, 6) is 0.00830. The van der Waals surface area contributed by atoms with Gasteiger partial charge in [-0.05, 0) is 12.1 Å². The topological polar surface area (TPSA) is 62.6 Å². The number of likely N-dealkylation sites (N-methyl/N-ethyl adjacent to an activating group) is 1. The summed E-state index contributed by atoms with van der Waals surface area (Å²) >= 11 is 5.35. The van der Waals surface area contributed by atoms with Gasteiger partial charge in [0.15, 0.2) is 0 Å². The highest BCUT2D eigenvalue weighted by Crippen LogP contribution is 1.98. The molecular weight excluding hydrogens is 232 g/mol. The minimum absolute atomic E-state index is 0.00768. The lowest BCUT2D eigenvalue weighted by Gasteiger charge is -2.14. The molecule has 0 saturated carbocycles. The predicted molar refractivity (Wildman–Crippen MR) is 58.9 cm³/mol. The van der Waals surface area contributed by atoms with Crippen LogP contribution in [0.25, 0.3) is 0 Å². The molecule has 0 unspecified atom stereocenters. The lowest BCUT2D eigenvalue weighted by molar-refractivity contribution is -0.132. The molecule has 5 nitrogen and oxygen atoms in total. The van der Waals surface area contributed by atoms with Crippen molar-refractivity contribution in [1.29, 1.82) is 0 Å². The minimum Gasteiger partial charge on any atom is -0.467 e. The number of carbonyl (C=O) groups is 2. The van der Waals surface area contributed by atoms with Crippen molar-refractivity contribution < 1.29 is 14.0 Å². The zero-order valence-electron chi connectivity index (χ0n) is 8.90. The Labute approximate surface area is 98.4 Å². The Morgan fingerprint density at radius 1 is 1.56 bits per heavy atom. The van der Waals surface area contributed by atoms with Gasteiger partial charge in [-0.3, -0.25) is 9.59 Å². The molecule has 0 aromatic carbocycles. The minimum atomic E-state index is -0.283. The molecule has 1 aromatic heterocycles. The molecule has 0 aliphatic carbocycles. The molecule has 16 heavy (non-hydrogen) atoms. The number of nitrogens with zero attached hydrogens (tertiary/aromatic N) is 1. The van der Waals surface area contributed by atoms with Gasteiger partial charge in [0.25, 0.3) is 0 Å². The van der Waals surface area contributed by atoms with E-state index in [0.717, 1.165) is 0 Å². The van der Waals surface area contributed by atoms with Crippen molar-refractivity contribution in [3.63, 3.8) is 0 Å². The van der Waals surface area contributed by atoms with E-state index in [1.54, 1.807) is 12.1 Å². The van der Waals surface area contributed by atoms with Crippen LogP contribution in [0.3, 0.4) is 0 Å². The standard InChI is InChI=1S/C10H13ClN2O3/c1-13(10(15)5-11)7-9(14)12-6-8-3-2-4-16-8/h2-4H,5-7H2,1H3,(H,12,14). The van der Waals surface area contributed by atoms with Crippen LogP contribution in [-0.4, -0.2) is 36.2 Å². The summed E-state index contributed by atoms with van der Waals surface area (Å²) in [4.78, 5) is 23.7. The van der Waals surface area contributed by atoms with Crippen LogP contribution >= 0.6 is 11.6 Å². The molecule has 0 aliphatic heterocycles. The Kier molecular flexibility index (Phi) is 4.85. The maximum absolute atomic E-state index is 11.4. The SMILES string of the molecule is CN(CC(=O)NCc1ccco1)C(=O)CCl. The molecule has 0 aliphatic rings. The number of hydrogen-bond acceptors (Lipinski definition) is 3. The summed E-state index contributed by atoms with van der Waals surface area (Å²) in [7, 11) is 1.52. The fourth-order valence-corrected chi connectivity index (χ4v) is 1.26. The summed E-state index contributed by atoms with van der Waals surface area (Å²) in [5.41, 5.74) is 0. The Morgan fingerprint density at radius 3 is 2.88 bits per heavy atom. The second-order valence-electron chi connectivity index (χ2n) is 3.24. The van der Waals surface area contributed by atoms with Gasteiger partial charge in [0.05, 0.1) is 19.4 Å². The quantitative estimate of drug-likeness (QED) is 0.772. The molecule has 6 heteroatoms. The van der Waals surface area contributed by atoms with Crippen molar-refractivity contribution in [2.24, 2.45) is 0 Å². The van der Waals surface area contributed by atoms with Gasteiger partial charge in [0.2, 0.25) is 11.8 Å². The zero-order chi connectivity index (χ0) is 12.0. The number of nitrogens with one attached hydrogen (secondary N) is 1. The number of furan rings is 1. The first-order valence-corrected chi connectivity index (χ1v) is 5.26. The molecule has 88 valence electrons. The van der Waals surface area contributed by atoms with Gasteiger partial charge in [0, 0.05) is 7.05 Å². The predicted octanol–water partition coefficient (Wildman–Crippen LogP) is 0.593. The second-order valence-corrected chi connectivity index (χ2v) is 3.51. The first kappa shape index (κ1) is 12.6. The van der Waals surface area contributed by atoms with Crippen LogP contribution in [-0.2, 0) is 16.1 Å². The van der Waals surface area contributed by atoms with Gasteiger partial charge in [0.1, 0.15) is 11.6 Å². The van der Waals surface area contributed by atoms with Crippen LogP contribution in [0.1, 0.15) is 5.76 Å². The van der Waals surface area contributed by atoms with Gasteiger partial charge in [-0.2, -0.15) is 0 Å². The fourth-order valence-electron chi connectivity index (χ4n) is 1.06. The second kappa shape index (κ2) is 6.17. The number of alkyl halides is 1. The van der Waals surface area contributed by atoms with Gasteiger partial charge >= 0.3 is 0 Å². The number of rotatable bonds is 5. The zero-order valence-corrected chi connectivity index (χ0v) is 9.66. The van der Waals surface area contributed by atoms with Crippen LogP contribution in [0.5, 0.6) is 0 Å². The van der Waals surface area contributed by atoms with E-state index in [-0.39, 0.29) is 24.2 Å². The van der Waals surface area contributed by atoms with Crippen LogP contribution in [0.15, 0.2) is 22.8 Å². The van der Waals surface area contributed by atoms with Crippen LogP contribution < -0.4 is 5.32 Å². The van der Waals surface area contributed by atoms with Crippen molar-refractivity contribution in [2.75, 3.05) is 19.5 Å². The molecule has 0 spiro atoms. The van der Waals surface area contributed by atoms with E-state index in [2.05, 4.69) is 5.32 Å². The first-order chi connectivity index (χ1) is 7.63. The first-order valence-electron chi connectivity index (χ1n) is 4.72. The highest BCUT2D eigenvalue weighted by molar-refractivity contribution is 6.27. The van der Waals surface area contributed by atoms with Crippen molar-refractivity contribution in [3.05, 3.63) is 24.2 Å². The third-order valence-electron chi connectivity index (χ3n) is 1.96. The van der Waals surface area contributed by atoms with E-state index in [1.165, 1.54) is 18.2 Å². The number of halogens is 1. The molecule has 0 radical (unpaired) electrons. The molecule has 0 atom stereocenters. The average molecular weight is 245 g/mol.